The van der Waals surface area contributed by atoms with Crippen LogP contribution in [0.15, 0.2) is 29.1 Å². The van der Waals surface area contributed by atoms with E-state index in [1.165, 1.54) is 36.7 Å². The molecule has 2 saturated heterocycles. The molecule has 29 heavy (non-hydrogen) atoms. The van der Waals surface area contributed by atoms with Gasteiger partial charge in [0.15, 0.2) is 0 Å². The van der Waals surface area contributed by atoms with Crippen LogP contribution in [0.1, 0.15) is 48.9 Å². The van der Waals surface area contributed by atoms with Gasteiger partial charge in [-0.1, -0.05) is 12.1 Å². The van der Waals surface area contributed by atoms with Gasteiger partial charge in [-0.25, -0.2) is 0 Å². The Morgan fingerprint density at radius 1 is 1.10 bits per heavy atom. The largest absolute Gasteiger partial charge is 0.506 e. The molecular weight excluding hydrogens is 366 g/mol. The second-order valence-corrected chi connectivity index (χ2v) is 9.17. The average molecular weight is 396 g/mol. The zero-order chi connectivity index (χ0) is 20.1. The second kappa shape index (κ2) is 7.17. The van der Waals surface area contributed by atoms with Crippen LogP contribution in [0.4, 0.5) is 0 Å². The molecule has 0 radical (unpaired) electrons. The molecule has 2 saturated carbocycles. The Hall–Kier alpha value is -2.34. The summed E-state index contributed by atoms with van der Waals surface area (Å²) in [6.07, 6.45) is 7.70. The summed E-state index contributed by atoms with van der Waals surface area (Å²) in [5.74, 6) is 1.17. The molecule has 1 aromatic heterocycles. The fourth-order valence-electron chi connectivity index (χ4n) is 6.22. The number of rotatable bonds is 5. The van der Waals surface area contributed by atoms with Gasteiger partial charge in [0.25, 0.3) is 11.5 Å². The first-order valence-corrected chi connectivity index (χ1v) is 10.9. The topological polar surface area (TPSA) is 74.6 Å². The normalized spacial score (nSPS) is 28.2. The molecule has 2 aromatic rings. The molecule has 4 fully saturated rings. The van der Waals surface area contributed by atoms with E-state index in [0.717, 1.165) is 36.9 Å². The van der Waals surface area contributed by atoms with E-state index in [-0.39, 0.29) is 11.3 Å². The number of hydrogen-bond donors (Lipinski definition) is 2. The quantitative estimate of drug-likeness (QED) is 0.764. The zero-order valence-electron chi connectivity index (χ0n) is 16.9. The van der Waals surface area contributed by atoms with Crippen molar-refractivity contribution in [1.29, 1.82) is 0 Å². The monoisotopic (exact) mass is 395 g/mol. The van der Waals surface area contributed by atoms with Crippen LogP contribution in [-0.2, 0) is 7.05 Å². The van der Waals surface area contributed by atoms with Crippen molar-refractivity contribution >= 4 is 16.8 Å². The Balaban J connectivity index is 1.23. The minimum Gasteiger partial charge on any atom is -0.506 e. The third kappa shape index (κ3) is 3.14. The average Bonchev–Trinajstić information content (AvgIpc) is 2.71. The number of fused-ring (bicyclic) bond motifs is 1. The molecule has 6 nitrogen and oxygen atoms in total. The smallest absolute Gasteiger partial charge is 0.267 e. The molecule has 3 heterocycles. The predicted molar refractivity (Wildman–Crippen MR) is 112 cm³/mol. The minimum atomic E-state index is -0.492. The molecule has 6 heteroatoms. The molecule has 4 aliphatic rings. The van der Waals surface area contributed by atoms with Crippen LogP contribution in [-0.4, -0.2) is 45.7 Å². The van der Waals surface area contributed by atoms with Gasteiger partial charge in [0, 0.05) is 37.6 Å². The van der Waals surface area contributed by atoms with Gasteiger partial charge >= 0.3 is 0 Å². The molecule has 1 aromatic carbocycles. The summed E-state index contributed by atoms with van der Waals surface area (Å²) in [7, 11) is 1.63. The van der Waals surface area contributed by atoms with Crippen LogP contribution in [0, 0.1) is 11.8 Å². The highest BCUT2D eigenvalue weighted by molar-refractivity contribution is 6.02. The van der Waals surface area contributed by atoms with Crippen molar-refractivity contribution in [1.82, 2.24) is 14.8 Å². The Labute approximate surface area is 170 Å². The molecule has 0 atom stereocenters. The lowest BCUT2D eigenvalue weighted by Crippen LogP contribution is -2.58. The maximum absolute atomic E-state index is 12.7. The maximum atomic E-state index is 12.7. The third-order valence-corrected chi connectivity index (χ3v) is 7.41. The maximum Gasteiger partial charge on any atom is 0.267 e. The van der Waals surface area contributed by atoms with E-state index in [1.54, 1.807) is 31.3 Å². The molecule has 0 spiro atoms. The summed E-state index contributed by atoms with van der Waals surface area (Å²) in [5.41, 5.74) is -0.0224. The van der Waals surface area contributed by atoms with Gasteiger partial charge in [-0.05, 0) is 62.5 Å². The molecule has 154 valence electrons. The van der Waals surface area contributed by atoms with E-state index >= 15 is 0 Å². The SMILES string of the molecule is Cn1c(=O)c(C(=O)NCCCN2C3CC4CC(C3)CC2C4)c(O)c2ccccc21. The number of benzene rings is 1. The lowest BCUT2D eigenvalue weighted by molar-refractivity contribution is -0.0587. The van der Waals surface area contributed by atoms with Crippen LogP contribution < -0.4 is 10.9 Å². The lowest BCUT2D eigenvalue weighted by atomic mass is 9.63. The highest BCUT2D eigenvalue weighted by atomic mass is 16.3. The van der Waals surface area contributed by atoms with E-state index in [4.69, 9.17) is 0 Å². The summed E-state index contributed by atoms with van der Waals surface area (Å²) in [5, 5.41) is 13.9. The number of carbonyl (C=O) groups excluding carboxylic acids is 1. The molecule has 0 unspecified atom stereocenters. The third-order valence-electron chi connectivity index (χ3n) is 7.41. The molecule has 2 aliphatic carbocycles. The Kier molecular flexibility index (Phi) is 4.62. The van der Waals surface area contributed by atoms with Gasteiger partial charge < -0.3 is 15.0 Å². The number of aromatic nitrogens is 1. The molecule has 6 rings (SSSR count). The van der Waals surface area contributed by atoms with Crippen molar-refractivity contribution in [3.8, 4) is 5.75 Å². The minimum absolute atomic E-state index is 0.166. The Morgan fingerprint density at radius 3 is 2.45 bits per heavy atom. The van der Waals surface area contributed by atoms with Gasteiger partial charge in [0.05, 0.1) is 5.52 Å². The summed E-state index contributed by atoms with van der Waals surface area (Å²) in [6, 6.07) is 8.55. The van der Waals surface area contributed by atoms with Crippen molar-refractivity contribution in [2.45, 2.75) is 50.6 Å². The molecule has 2 N–H and O–H groups in total. The van der Waals surface area contributed by atoms with Crippen molar-refractivity contribution in [3.05, 3.63) is 40.2 Å². The van der Waals surface area contributed by atoms with Crippen LogP contribution >= 0.6 is 0 Å². The molecule has 2 aliphatic heterocycles. The van der Waals surface area contributed by atoms with Crippen LogP contribution in [0.2, 0.25) is 0 Å². The fourth-order valence-corrected chi connectivity index (χ4v) is 6.22. The van der Waals surface area contributed by atoms with Crippen molar-refractivity contribution in [2.24, 2.45) is 18.9 Å². The van der Waals surface area contributed by atoms with E-state index in [1.807, 2.05) is 0 Å². The fraction of sp³-hybridized carbons (Fsp3) is 0.565. The van der Waals surface area contributed by atoms with E-state index in [9.17, 15) is 14.7 Å². The van der Waals surface area contributed by atoms with E-state index in [0.29, 0.717) is 17.4 Å². The highest BCUT2D eigenvalue weighted by Gasteiger charge is 2.46. The number of aryl methyl sites for hydroxylation is 1. The highest BCUT2D eigenvalue weighted by Crippen LogP contribution is 2.48. The summed E-state index contributed by atoms with van der Waals surface area (Å²) in [6.45, 7) is 1.51. The lowest BCUT2D eigenvalue weighted by Gasteiger charge is -2.56. The van der Waals surface area contributed by atoms with Gasteiger partial charge in [-0.3, -0.25) is 14.5 Å². The number of carbonyl (C=O) groups is 1. The number of pyridine rings is 1. The molecule has 4 bridgehead atoms. The standard InChI is InChI=1S/C23H29N3O3/c1-25-19-6-3-2-5-18(19)21(27)20(23(25)29)22(28)24-7-4-8-26-16-10-14-9-15(12-16)13-17(26)11-14/h2-3,5-6,14-17,27H,4,7-13H2,1H3,(H,24,28). The number of nitrogens with zero attached hydrogens (tertiary/aromatic N) is 2. The molecule has 1 amide bonds. The van der Waals surface area contributed by atoms with Crippen molar-refractivity contribution < 1.29 is 9.90 Å². The number of para-hydroxylation sites is 1. The van der Waals surface area contributed by atoms with Crippen LogP contribution in [0.3, 0.4) is 0 Å². The second-order valence-electron chi connectivity index (χ2n) is 9.17. The first kappa shape index (κ1) is 18.7. The molecular formula is C23H29N3O3. The summed E-state index contributed by atoms with van der Waals surface area (Å²) in [4.78, 5) is 28.0. The summed E-state index contributed by atoms with van der Waals surface area (Å²) >= 11 is 0. The van der Waals surface area contributed by atoms with E-state index < -0.39 is 11.5 Å². The van der Waals surface area contributed by atoms with Gasteiger partial charge in [-0.2, -0.15) is 0 Å². The number of nitrogens with one attached hydrogen (secondary N) is 1. The van der Waals surface area contributed by atoms with Crippen LogP contribution in [0.25, 0.3) is 10.9 Å². The first-order valence-electron chi connectivity index (χ1n) is 10.9. The van der Waals surface area contributed by atoms with Gasteiger partial charge in [0.2, 0.25) is 0 Å². The van der Waals surface area contributed by atoms with Crippen molar-refractivity contribution in [3.63, 3.8) is 0 Å². The number of piperidine rings is 2. The first-order chi connectivity index (χ1) is 14.0. The van der Waals surface area contributed by atoms with Crippen LogP contribution in [0.5, 0.6) is 5.75 Å². The number of hydrogen-bond acceptors (Lipinski definition) is 4. The zero-order valence-corrected chi connectivity index (χ0v) is 16.9. The summed E-state index contributed by atoms with van der Waals surface area (Å²) < 4.78 is 1.42. The van der Waals surface area contributed by atoms with E-state index in [2.05, 4.69) is 10.2 Å². The number of aromatic hydroxyl groups is 1. The Bertz CT molecular complexity index is 984. The number of amides is 1. The Morgan fingerprint density at radius 2 is 1.76 bits per heavy atom. The predicted octanol–water partition coefficient (Wildman–Crippen LogP) is 2.63. The van der Waals surface area contributed by atoms with Gasteiger partial charge in [-0.15, -0.1) is 0 Å². The van der Waals surface area contributed by atoms with Gasteiger partial charge in [0.1, 0.15) is 11.3 Å². The van der Waals surface area contributed by atoms with Crippen molar-refractivity contribution in [2.75, 3.05) is 13.1 Å².